The van der Waals surface area contributed by atoms with Gasteiger partial charge < -0.3 is 23.7 Å². The minimum absolute atomic E-state index is 0.0201. The van der Waals surface area contributed by atoms with Crippen molar-refractivity contribution in [3.63, 3.8) is 0 Å². The predicted octanol–water partition coefficient (Wildman–Crippen LogP) is 4.20. The summed E-state index contributed by atoms with van der Waals surface area (Å²) < 4.78 is 30.6. The molecule has 1 saturated heterocycles. The number of cyclic esters (lactones) is 1. The zero-order valence-corrected chi connectivity index (χ0v) is 24.8. The lowest BCUT2D eigenvalue weighted by molar-refractivity contribution is -0.174. The van der Waals surface area contributed by atoms with Crippen LogP contribution in [0.2, 0.25) is 0 Å². The summed E-state index contributed by atoms with van der Waals surface area (Å²) in [6, 6.07) is 0. The third-order valence-electron chi connectivity index (χ3n) is 9.35. The first-order chi connectivity index (χ1) is 19.1. The Labute approximate surface area is 240 Å². The number of hydrogen-bond acceptors (Lipinski definition) is 9. The molecule has 0 unspecified atom stereocenters. The molecule has 1 spiro atoms. The van der Waals surface area contributed by atoms with Crippen molar-refractivity contribution in [1.29, 1.82) is 0 Å². The van der Waals surface area contributed by atoms with Gasteiger partial charge in [0.1, 0.15) is 29.7 Å². The van der Waals surface area contributed by atoms with Crippen LogP contribution in [0.15, 0.2) is 47.6 Å². The Morgan fingerprint density at radius 2 is 2.02 bits per heavy atom. The summed E-state index contributed by atoms with van der Waals surface area (Å²) in [5.41, 5.74) is 0.501. The van der Waals surface area contributed by atoms with E-state index in [1.807, 2.05) is 52.2 Å². The first-order valence-corrected chi connectivity index (χ1v) is 15.5. The van der Waals surface area contributed by atoms with E-state index >= 15 is 0 Å². The van der Waals surface area contributed by atoms with Gasteiger partial charge in [-0.3, -0.25) is 4.79 Å². The summed E-state index contributed by atoms with van der Waals surface area (Å²) in [6.07, 6.45) is 11.5. The van der Waals surface area contributed by atoms with Gasteiger partial charge in [0.05, 0.1) is 23.9 Å². The van der Waals surface area contributed by atoms with Crippen LogP contribution < -0.4 is 0 Å². The van der Waals surface area contributed by atoms with E-state index in [0.717, 1.165) is 5.57 Å². The zero-order valence-electron chi connectivity index (χ0n) is 24.0. The van der Waals surface area contributed by atoms with Crippen molar-refractivity contribution in [3.8, 4) is 0 Å². The summed E-state index contributed by atoms with van der Waals surface area (Å²) in [7, 11) is 1.50. The fourth-order valence-corrected chi connectivity index (χ4v) is 7.67. The Hall–Kier alpha value is -2.20. The third-order valence-corrected chi connectivity index (χ3v) is 9.72. The van der Waals surface area contributed by atoms with Gasteiger partial charge in [0.15, 0.2) is 6.10 Å². The number of Topliss-reactive ketones (excluding diaryl/α,β-unsaturated/α-hetero) is 1. The van der Waals surface area contributed by atoms with Gasteiger partial charge in [-0.2, -0.15) is 0 Å². The van der Waals surface area contributed by atoms with Crippen LogP contribution in [-0.4, -0.2) is 73.1 Å². The van der Waals surface area contributed by atoms with Crippen molar-refractivity contribution in [1.82, 2.24) is 0 Å². The first kappa shape index (κ1) is 29.3. The number of ether oxygens (including phenoxy) is 5. The van der Waals surface area contributed by atoms with E-state index in [4.69, 9.17) is 23.7 Å². The second-order valence-corrected chi connectivity index (χ2v) is 12.5. The molecule has 0 radical (unpaired) electrons. The van der Waals surface area contributed by atoms with Crippen molar-refractivity contribution < 1.29 is 38.1 Å². The summed E-state index contributed by atoms with van der Waals surface area (Å²) in [4.78, 5) is 40.5. The fourth-order valence-electron chi connectivity index (χ4n) is 7.31. The molecule has 3 aliphatic carbocycles. The number of allylic oxidation sites excluding steroid dienone is 3. The summed E-state index contributed by atoms with van der Waals surface area (Å²) in [6.45, 7) is 7.73. The molecule has 2 fully saturated rings. The number of esters is 2. The number of hydrogen-bond donors (Lipinski definition) is 0. The van der Waals surface area contributed by atoms with Crippen LogP contribution in [0.5, 0.6) is 0 Å². The predicted molar refractivity (Wildman–Crippen MR) is 150 cm³/mol. The first-order valence-electron chi connectivity index (χ1n) is 14.1. The molecule has 2 aliphatic heterocycles. The van der Waals surface area contributed by atoms with Crippen LogP contribution in [-0.2, 0) is 38.1 Å². The van der Waals surface area contributed by atoms with Crippen molar-refractivity contribution in [3.05, 3.63) is 47.6 Å². The van der Waals surface area contributed by atoms with Gasteiger partial charge in [0.2, 0.25) is 0 Å². The normalized spacial score (nSPS) is 42.4. The highest BCUT2D eigenvalue weighted by Crippen LogP contribution is 2.60. The van der Waals surface area contributed by atoms with Crippen LogP contribution in [0.25, 0.3) is 0 Å². The SMILES string of the molecule is CO[C@H]1C[C@H]2C=C[C@H]3[C@H]4O[C@]2(/C(C)=C/[C@@H](C)[C@@H]([C@@H](C)OCSC)OC1=O)[C@@H]3C(=O)[C@@H](C)[C@H]4OC(=O)C1=CC=CC1. The molecule has 4 bridgehead atoms. The number of methoxy groups -OCH3 is 1. The van der Waals surface area contributed by atoms with Crippen molar-refractivity contribution in [2.75, 3.05) is 19.3 Å². The fraction of sp³-hybridized carbons (Fsp3) is 0.645. The van der Waals surface area contributed by atoms with Crippen LogP contribution in [0.3, 0.4) is 0 Å². The van der Waals surface area contributed by atoms with E-state index in [9.17, 15) is 14.4 Å². The quantitative estimate of drug-likeness (QED) is 0.253. The molecular weight excluding hydrogens is 532 g/mol. The lowest BCUT2D eigenvalue weighted by Crippen LogP contribution is -2.55. The molecule has 8 nitrogen and oxygen atoms in total. The van der Waals surface area contributed by atoms with E-state index in [2.05, 4.69) is 12.2 Å². The minimum atomic E-state index is -0.985. The van der Waals surface area contributed by atoms with Gasteiger partial charge in [-0.15, -0.1) is 11.8 Å². The van der Waals surface area contributed by atoms with Crippen molar-refractivity contribution >= 4 is 29.5 Å². The highest BCUT2D eigenvalue weighted by Gasteiger charge is 2.69. The maximum atomic E-state index is 14.1. The van der Waals surface area contributed by atoms with Crippen LogP contribution in [0.1, 0.15) is 40.5 Å². The van der Waals surface area contributed by atoms with Crippen molar-refractivity contribution in [2.24, 2.45) is 29.6 Å². The smallest absolute Gasteiger partial charge is 0.335 e. The van der Waals surface area contributed by atoms with Gasteiger partial charge in [-0.05, 0) is 38.5 Å². The Kier molecular flexibility index (Phi) is 8.49. The van der Waals surface area contributed by atoms with Crippen LogP contribution >= 0.6 is 11.8 Å². The summed E-state index contributed by atoms with van der Waals surface area (Å²) in [5.74, 6) is -2.11. The molecule has 0 N–H and O–H groups in total. The number of ketones is 1. The molecule has 9 heteroatoms. The minimum Gasteiger partial charge on any atom is -0.457 e. The number of carbonyl (C=O) groups is 3. The molecule has 1 saturated carbocycles. The summed E-state index contributed by atoms with van der Waals surface area (Å²) >= 11 is 1.55. The maximum Gasteiger partial charge on any atom is 0.335 e. The van der Waals surface area contributed by atoms with Crippen molar-refractivity contribution in [2.45, 2.75) is 76.7 Å². The van der Waals surface area contributed by atoms with E-state index < -0.39 is 53.8 Å². The van der Waals surface area contributed by atoms with Gasteiger partial charge >= 0.3 is 11.9 Å². The van der Waals surface area contributed by atoms with Gasteiger partial charge in [-0.1, -0.05) is 50.3 Å². The molecule has 218 valence electrons. The molecule has 0 aromatic carbocycles. The lowest BCUT2D eigenvalue weighted by Gasteiger charge is -2.46. The monoisotopic (exact) mass is 572 g/mol. The summed E-state index contributed by atoms with van der Waals surface area (Å²) in [5, 5.41) is 0. The topological polar surface area (TPSA) is 97.4 Å². The molecule has 0 aromatic rings. The van der Waals surface area contributed by atoms with Gasteiger partial charge in [-0.25, -0.2) is 9.59 Å². The lowest BCUT2D eigenvalue weighted by atomic mass is 9.58. The maximum absolute atomic E-state index is 14.1. The van der Waals surface area contributed by atoms with Crippen LogP contribution in [0, 0.1) is 29.6 Å². The highest BCUT2D eigenvalue weighted by molar-refractivity contribution is 7.98. The molecule has 11 atom stereocenters. The molecular formula is C31H40O8S. The number of carbonyl (C=O) groups excluding carboxylic acids is 3. The van der Waals surface area contributed by atoms with E-state index in [0.29, 0.717) is 24.4 Å². The van der Waals surface area contributed by atoms with Crippen LogP contribution in [0.4, 0.5) is 0 Å². The Morgan fingerprint density at radius 3 is 2.70 bits per heavy atom. The number of thioether (sulfide) groups is 1. The van der Waals surface area contributed by atoms with E-state index in [-0.39, 0.29) is 29.6 Å². The Morgan fingerprint density at radius 1 is 1.25 bits per heavy atom. The average Bonchev–Trinajstić information content (AvgIpc) is 3.54. The largest absolute Gasteiger partial charge is 0.457 e. The molecule has 5 rings (SSSR count). The Bertz CT molecular complexity index is 1160. The third kappa shape index (κ3) is 4.82. The van der Waals surface area contributed by atoms with Gasteiger partial charge in [0.25, 0.3) is 0 Å². The zero-order chi connectivity index (χ0) is 28.8. The Balaban J connectivity index is 1.54. The number of rotatable bonds is 7. The second kappa shape index (κ2) is 11.6. The van der Waals surface area contributed by atoms with E-state index in [1.165, 1.54) is 7.11 Å². The van der Waals surface area contributed by atoms with Gasteiger partial charge in [0, 0.05) is 30.4 Å². The second-order valence-electron chi connectivity index (χ2n) is 11.7. The highest BCUT2D eigenvalue weighted by atomic mass is 32.2. The molecule has 5 aliphatic rings. The molecule has 0 amide bonds. The average molecular weight is 573 g/mol. The molecule has 0 aromatic heterocycles. The standard InChI is InChI=1S/C31H40O8S/c1-16-13-17(2)31-21(14-23(35-5)30(34)37-26(16)19(4)36-15-40-6)11-12-22-24(31)25(32)18(3)27(28(22)39-31)38-29(33)20-9-7-8-10-20/h7-9,11-13,16,18-19,21-24,26-28H,10,14-15H2,1-6H3/b17-13+/t16-,18-,19-,21-,22-,23+,24+,26+,27-,28-,31+/m1/s1. The molecule has 40 heavy (non-hydrogen) atoms. The van der Waals surface area contributed by atoms with E-state index in [1.54, 1.807) is 17.8 Å². The molecule has 2 heterocycles.